The van der Waals surface area contributed by atoms with Crippen molar-refractivity contribution >= 4 is 12.0 Å². The summed E-state index contributed by atoms with van der Waals surface area (Å²) in [5.74, 6) is 0.842. The SMILES string of the molecule is CC/C=C\C/C=C\C/C=C\C/C=C\C/C=C\C/C=C\CC(O)OSCCNCC. The van der Waals surface area contributed by atoms with Gasteiger partial charge in [0.15, 0.2) is 6.29 Å². The molecular formula is C25H41NO2S. The molecule has 2 N–H and O–H groups in total. The van der Waals surface area contributed by atoms with E-state index in [1.54, 1.807) is 0 Å². The third kappa shape index (κ3) is 24.6. The largest absolute Gasteiger partial charge is 0.367 e. The van der Waals surface area contributed by atoms with E-state index in [0.29, 0.717) is 6.42 Å². The van der Waals surface area contributed by atoms with Crippen LogP contribution in [-0.4, -0.2) is 30.2 Å². The first kappa shape index (κ1) is 27.7. The van der Waals surface area contributed by atoms with Crippen molar-refractivity contribution in [2.45, 2.75) is 65.1 Å². The third-order valence-corrected chi connectivity index (χ3v) is 4.45. The molecule has 1 unspecified atom stereocenters. The van der Waals surface area contributed by atoms with Gasteiger partial charge in [-0.1, -0.05) is 86.8 Å². The van der Waals surface area contributed by atoms with Crippen molar-refractivity contribution in [3.63, 3.8) is 0 Å². The summed E-state index contributed by atoms with van der Waals surface area (Å²) in [5.41, 5.74) is 0. The Kier molecular flexibility index (Phi) is 23.6. The molecule has 0 fully saturated rings. The second-order valence-corrected chi connectivity index (χ2v) is 7.21. The van der Waals surface area contributed by atoms with Crippen LogP contribution in [0.3, 0.4) is 0 Å². The second kappa shape index (κ2) is 24.7. The molecule has 0 aromatic heterocycles. The van der Waals surface area contributed by atoms with Crippen molar-refractivity contribution in [1.82, 2.24) is 5.32 Å². The van der Waals surface area contributed by atoms with E-state index in [1.165, 1.54) is 12.0 Å². The summed E-state index contributed by atoms with van der Waals surface area (Å²) in [6, 6.07) is 0. The van der Waals surface area contributed by atoms with Crippen LogP contribution in [0.4, 0.5) is 0 Å². The van der Waals surface area contributed by atoms with Crippen molar-refractivity contribution in [2.24, 2.45) is 0 Å². The number of hydrogen-bond donors (Lipinski definition) is 2. The molecule has 0 saturated heterocycles. The van der Waals surface area contributed by atoms with Gasteiger partial charge in [0.05, 0.1) is 0 Å². The van der Waals surface area contributed by atoms with Gasteiger partial charge in [-0.25, -0.2) is 0 Å². The Hall–Kier alpha value is -1.33. The van der Waals surface area contributed by atoms with Gasteiger partial charge in [-0.2, -0.15) is 0 Å². The average Bonchev–Trinajstić information content (AvgIpc) is 2.72. The fourth-order valence-corrected chi connectivity index (χ4v) is 2.75. The Balaban J connectivity index is 3.54. The predicted octanol–water partition coefficient (Wildman–Crippen LogP) is 6.67. The van der Waals surface area contributed by atoms with Crippen LogP contribution in [0.15, 0.2) is 72.9 Å². The minimum absolute atomic E-state index is 0.527. The number of nitrogens with one attached hydrogen (secondary N) is 1. The molecule has 0 aromatic rings. The highest BCUT2D eigenvalue weighted by Gasteiger charge is 2.01. The molecule has 0 aromatic carbocycles. The number of allylic oxidation sites excluding steroid dienone is 11. The summed E-state index contributed by atoms with van der Waals surface area (Å²) in [6.45, 7) is 6.08. The molecule has 0 aliphatic heterocycles. The zero-order valence-corrected chi connectivity index (χ0v) is 19.2. The molecule has 0 saturated carbocycles. The van der Waals surface area contributed by atoms with Gasteiger partial charge < -0.3 is 10.4 Å². The number of aliphatic hydroxyl groups excluding tert-OH is 1. The molecule has 1 atom stereocenters. The van der Waals surface area contributed by atoms with Gasteiger partial charge in [-0.3, -0.25) is 4.18 Å². The first-order chi connectivity index (χ1) is 14.3. The standard InChI is InChI=1S/C25H41NO2S/c1-3-5-6-7-8-9-10-11-12-13-14-15-16-17-18-19-20-21-22-25(27)28-29-24-23-26-4-2/h5-6,8-9,11-12,14-15,17-18,20-21,25-27H,3-4,7,10,13,16,19,22-24H2,1-2H3/b6-5-,9-8-,12-11-,15-14-,18-17-,21-20-. The van der Waals surface area contributed by atoms with Crippen LogP contribution in [0.1, 0.15) is 58.8 Å². The fraction of sp³-hybridized carbons (Fsp3) is 0.520. The van der Waals surface area contributed by atoms with Crippen molar-refractivity contribution in [3.8, 4) is 0 Å². The lowest BCUT2D eigenvalue weighted by Crippen LogP contribution is -2.16. The van der Waals surface area contributed by atoms with Crippen LogP contribution in [0.2, 0.25) is 0 Å². The van der Waals surface area contributed by atoms with Crippen molar-refractivity contribution in [3.05, 3.63) is 72.9 Å². The summed E-state index contributed by atoms with van der Waals surface area (Å²) in [7, 11) is 0. The molecule has 0 bridgehead atoms. The van der Waals surface area contributed by atoms with Crippen LogP contribution in [0, 0.1) is 0 Å². The molecule has 0 heterocycles. The van der Waals surface area contributed by atoms with Crippen LogP contribution >= 0.6 is 12.0 Å². The Bertz CT molecular complexity index is 507. The number of aliphatic hydroxyl groups is 1. The van der Waals surface area contributed by atoms with E-state index in [9.17, 15) is 5.11 Å². The summed E-state index contributed by atoms with van der Waals surface area (Å²) >= 11 is 1.31. The van der Waals surface area contributed by atoms with Gasteiger partial charge in [0.1, 0.15) is 0 Å². The molecule has 0 rings (SSSR count). The van der Waals surface area contributed by atoms with Crippen molar-refractivity contribution < 1.29 is 9.29 Å². The molecular weight excluding hydrogens is 378 g/mol. The smallest absolute Gasteiger partial charge is 0.171 e. The molecule has 0 amide bonds. The minimum atomic E-state index is -0.730. The first-order valence-electron chi connectivity index (χ1n) is 10.9. The molecule has 164 valence electrons. The highest BCUT2D eigenvalue weighted by atomic mass is 32.2. The Morgan fingerprint density at radius 2 is 1.17 bits per heavy atom. The van der Waals surface area contributed by atoms with Gasteiger partial charge in [0, 0.05) is 18.7 Å². The molecule has 29 heavy (non-hydrogen) atoms. The Labute approximate surface area is 183 Å². The highest BCUT2D eigenvalue weighted by molar-refractivity contribution is 7.94. The molecule has 0 aliphatic rings. The lowest BCUT2D eigenvalue weighted by Gasteiger charge is -2.08. The highest BCUT2D eigenvalue weighted by Crippen LogP contribution is 2.08. The fourth-order valence-electron chi connectivity index (χ4n) is 2.19. The lowest BCUT2D eigenvalue weighted by molar-refractivity contribution is 0.00257. The predicted molar refractivity (Wildman–Crippen MR) is 131 cm³/mol. The van der Waals surface area contributed by atoms with Crippen LogP contribution < -0.4 is 5.32 Å². The average molecular weight is 420 g/mol. The van der Waals surface area contributed by atoms with E-state index >= 15 is 0 Å². The maximum absolute atomic E-state index is 9.69. The van der Waals surface area contributed by atoms with E-state index < -0.39 is 6.29 Å². The Morgan fingerprint density at radius 3 is 1.62 bits per heavy atom. The van der Waals surface area contributed by atoms with Crippen LogP contribution in [0.5, 0.6) is 0 Å². The summed E-state index contributed by atoms with van der Waals surface area (Å²) in [4.78, 5) is 0. The van der Waals surface area contributed by atoms with E-state index in [0.717, 1.165) is 57.4 Å². The summed E-state index contributed by atoms with van der Waals surface area (Å²) in [5, 5.41) is 12.9. The molecule has 0 radical (unpaired) electrons. The zero-order valence-electron chi connectivity index (χ0n) is 18.3. The Morgan fingerprint density at radius 1 is 0.724 bits per heavy atom. The summed E-state index contributed by atoms with van der Waals surface area (Å²) in [6.07, 6.45) is 31.8. The first-order valence-corrected chi connectivity index (χ1v) is 11.8. The van der Waals surface area contributed by atoms with Crippen LogP contribution in [-0.2, 0) is 4.18 Å². The van der Waals surface area contributed by atoms with Crippen molar-refractivity contribution in [2.75, 3.05) is 18.8 Å². The van der Waals surface area contributed by atoms with E-state index in [1.807, 2.05) is 6.08 Å². The second-order valence-electron chi connectivity index (χ2n) is 6.38. The normalized spacial score (nSPS) is 14.2. The lowest BCUT2D eigenvalue weighted by atomic mass is 10.2. The maximum Gasteiger partial charge on any atom is 0.171 e. The minimum Gasteiger partial charge on any atom is -0.367 e. The summed E-state index contributed by atoms with van der Waals surface area (Å²) < 4.78 is 5.26. The third-order valence-electron chi connectivity index (χ3n) is 3.73. The van der Waals surface area contributed by atoms with Gasteiger partial charge >= 0.3 is 0 Å². The maximum atomic E-state index is 9.69. The zero-order chi connectivity index (χ0) is 21.3. The van der Waals surface area contributed by atoms with Gasteiger partial charge in [-0.05, 0) is 57.1 Å². The monoisotopic (exact) mass is 419 g/mol. The van der Waals surface area contributed by atoms with Gasteiger partial charge in [0.25, 0.3) is 0 Å². The van der Waals surface area contributed by atoms with E-state index in [2.05, 4.69) is 86.0 Å². The number of rotatable bonds is 19. The topological polar surface area (TPSA) is 41.5 Å². The van der Waals surface area contributed by atoms with Crippen LogP contribution in [0.25, 0.3) is 0 Å². The van der Waals surface area contributed by atoms with Gasteiger partial charge in [-0.15, -0.1) is 0 Å². The van der Waals surface area contributed by atoms with Crippen molar-refractivity contribution in [1.29, 1.82) is 0 Å². The number of hydrogen-bond acceptors (Lipinski definition) is 4. The molecule has 0 spiro atoms. The quantitative estimate of drug-likeness (QED) is 0.106. The van der Waals surface area contributed by atoms with E-state index in [4.69, 9.17) is 4.18 Å². The molecule has 4 heteroatoms. The molecule has 0 aliphatic carbocycles. The van der Waals surface area contributed by atoms with Gasteiger partial charge in [0.2, 0.25) is 0 Å². The van der Waals surface area contributed by atoms with E-state index in [-0.39, 0.29) is 0 Å². The molecule has 3 nitrogen and oxygen atoms in total.